The van der Waals surface area contributed by atoms with Crippen LogP contribution in [-0.2, 0) is 0 Å². The Morgan fingerprint density at radius 2 is 1.70 bits per heavy atom. The molecule has 2 aromatic rings. The van der Waals surface area contributed by atoms with Crippen molar-refractivity contribution in [1.82, 2.24) is 0 Å². The SMILES string of the molecule is CC(=O)c1ccc(NC(=O)c2ccc(Cl)cc2C)cc1. The molecule has 2 aromatic carbocycles. The van der Waals surface area contributed by atoms with Crippen LogP contribution in [0.1, 0.15) is 33.2 Å². The Morgan fingerprint density at radius 1 is 1.05 bits per heavy atom. The maximum absolute atomic E-state index is 12.1. The van der Waals surface area contributed by atoms with E-state index < -0.39 is 0 Å². The third-order valence-corrected chi connectivity index (χ3v) is 3.22. The summed E-state index contributed by atoms with van der Waals surface area (Å²) >= 11 is 5.87. The van der Waals surface area contributed by atoms with Crippen LogP contribution in [-0.4, -0.2) is 11.7 Å². The average Bonchev–Trinajstić information content (AvgIpc) is 2.39. The minimum absolute atomic E-state index is 0.00331. The highest BCUT2D eigenvalue weighted by atomic mass is 35.5. The summed E-state index contributed by atoms with van der Waals surface area (Å²) in [5.41, 5.74) is 2.65. The van der Waals surface area contributed by atoms with Gasteiger partial charge in [0.1, 0.15) is 0 Å². The van der Waals surface area contributed by atoms with Gasteiger partial charge >= 0.3 is 0 Å². The number of anilines is 1. The molecule has 0 heterocycles. The Kier molecular flexibility index (Phi) is 4.20. The van der Waals surface area contributed by atoms with Gasteiger partial charge in [0, 0.05) is 21.8 Å². The second-order valence-corrected chi connectivity index (χ2v) is 4.98. The third-order valence-electron chi connectivity index (χ3n) is 2.98. The predicted molar refractivity (Wildman–Crippen MR) is 80.6 cm³/mol. The van der Waals surface area contributed by atoms with E-state index in [0.717, 1.165) is 5.56 Å². The monoisotopic (exact) mass is 287 g/mol. The summed E-state index contributed by atoms with van der Waals surface area (Å²) in [4.78, 5) is 23.3. The molecule has 0 aliphatic rings. The molecule has 0 radical (unpaired) electrons. The van der Waals surface area contributed by atoms with Crippen LogP contribution in [0.15, 0.2) is 42.5 Å². The number of aryl methyl sites for hydroxylation is 1. The number of Topliss-reactive ketones (excluding diaryl/α,β-unsaturated/α-hetero) is 1. The first-order chi connectivity index (χ1) is 9.47. The third kappa shape index (κ3) is 3.25. The molecule has 0 saturated carbocycles. The van der Waals surface area contributed by atoms with E-state index in [1.165, 1.54) is 6.92 Å². The van der Waals surface area contributed by atoms with Crippen molar-refractivity contribution < 1.29 is 9.59 Å². The smallest absolute Gasteiger partial charge is 0.255 e. The maximum atomic E-state index is 12.1. The number of nitrogens with one attached hydrogen (secondary N) is 1. The number of ketones is 1. The molecule has 4 heteroatoms. The lowest BCUT2D eigenvalue weighted by molar-refractivity contribution is 0.101. The van der Waals surface area contributed by atoms with Crippen LogP contribution < -0.4 is 5.32 Å². The first-order valence-corrected chi connectivity index (χ1v) is 6.53. The molecule has 0 bridgehead atoms. The van der Waals surface area contributed by atoms with Crippen LogP contribution in [0, 0.1) is 6.92 Å². The molecule has 1 N–H and O–H groups in total. The zero-order valence-corrected chi connectivity index (χ0v) is 12.0. The van der Waals surface area contributed by atoms with Crippen LogP contribution in [0.4, 0.5) is 5.69 Å². The first kappa shape index (κ1) is 14.3. The molecule has 0 aliphatic carbocycles. The number of rotatable bonds is 3. The van der Waals surface area contributed by atoms with Gasteiger partial charge < -0.3 is 5.32 Å². The van der Waals surface area contributed by atoms with E-state index in [1.807, 2.05) is 6.92 Å². The van der Waals surface area contributed by atoms with Crippen molar-refractivity contribution in [2.45, 2.75) is 13.8 Å². The van der Waals surface area contributed by atoms with Gasteiger partial charge in [-0.15, -0.1) is 0 Å². The van der Waals surface area contributed by atoms with Gasteiger partial charge in [-0.3, -0.25) is 9.59 Å². The summed E-state index contributed by atoms with van der Waals surface area (Å²) in [5, 5.41) is 3.39. The Bertz CT molecular complexity index is 663. The first-order valence-electron chi connectivity index (χ1n) is 6.16. The van der Waals surface area contributed by atoms with E-state index in [4.69, 9.17) is 11.6 Å². The molecule has 20 heavy (non-hydrogen) atoms. The molecule has 0 aromatic heterocycles. The number of carbonyl (C=O) groups excluding carboxylic acids is 2. The van der Waals surface area contributed by atoms with Gasteiger partial charge in [-0.05, 0) is 61.9 Å². The molecular formula is C16H14ClNO2. The van der Waals surface area contributed by atoms with Gasteiger partial charge in [-0.1, -0.05) is 11.6 Å². The number of halogens is 1. The Hall–Kier alpha value is -2.13. The van der Waals surface area contributed by atoms with Crippen LogP contribution in [0.3, 0.4) is 0 Å². The molecular weight excluding hydrogens is 274 g/mol. The maximum Gasteiger partial charge on any atom is 0.255 e. The van der Waals surface area contributed by atoms with Crippen molar-refractivity contribution in [3.8, 4) is 0 Å². The minimum Gasteiger partial charge on any atom is -0.322 e. The molecule has 0 fully saturated rings. The van der Waals surface area contributed by atoms with E-state index in [-0.39, 0.29) is 11.7 Å². The number of amides is 1. The number of benzene rings is 2. The van der Waals surface area contributed by atoms with E-state index in [1.54, 1.807) is 42.5 Å². The fourth-order valence-electron chi connectivity index (χ4n) is 1.87. The lowest BCUT2D eigenvalue weighted by Gasteiger charge is -2.08. The standard InChI is InChI=1S/C16H14ClNO2/c1-10-9-13(17)5-8-15(10)16(20)18-14-6-3-12(4-7-14)11(2)19/h3-9H,1-2H3,(H,18,20). The van der Waals surface area contributed by atoms with Gasteiger partial charge in [-0.2, -0.15) is 0 Å². The Balaban J connectivity index is 2.17. The summed E-state index contributed by atoms with van der Waals surface area (Å²) in [6, 6.07) is 11.9. The number of hydrogen-bond acceptors (Lipinski definition) is 2. The second kappa shape index (κ2) is 5.88. The zero-order chi connectivity index (χ0) is 14.7. The van der Waals surface area contributed by atoms with Crippen LogP contribution in [0.5, 0.6) is 0 Å². The molecule has 0 aliphatic heterocycles. The molecule has 0 spiro atoms. The highest BCUT2D eigenvalue weighted by Gasteiger charge is 2.09. The van der Waals surface area contributed by atoms with E-state index in [2.05, 4.69) is 5.32 Å². The van der Waals surface area contributed by atoms with Crippen molar-refractivity contribution in [3.05, 3.63) is 64.2 Å². The van der Waals surface area contributed by atoms with Crippen molar-refractivity contribution in [1.29, 1.82) is 0 Å². The highest BCUT2D eigenvalue weighted by Crippen LogP contribution is 2.17. The van der Waals surface area contributed by atoms with E-state index in [0.29, 0.717) is 21.8 Å². The predicted octanol–water partition coefficient (Wildman–Crippen LogP) is 4.10. The van der Waals surface area contributed by atoms with Crippen molar-refractivity contribution in [2.24, 2.45) is 0 Å². The molecule has 1 amide bonds. The lowest BCUT2D eigenvalue weighted by atomic mass is 10.1. The lowest BCUT2D eigenvalue weighted by Crippen LogP contribution is -2.13. The molecule has 0 unspecified atom stereocenters. The Labute approximate surface area is 122 Å². The largest absolute Gasteiger partial charge is 0.322 e. The fraction of sp³-hybridized carbons (Fsp3) is 0.125. The zero-order valence-electron chi connectivity index (χ0n) is 11.2. The number of hydrogen-bond donors (Lipinski definition) is 1. The minimum atomic E-state index is -0.199. The van der Waals surface area contributed by atoms with Crippen molar-refractivity contribution >= 4 is 29.0 Å². The normalized spacial score (nSPS) is 10.2. The molecule has 3 nitrogen and oxygen atoms in total. The average molecular weight is 288 g/mol. The summed E-state index contributed by atoms with van der Waals surface area (Å²) in [6.45, 7) is 3.34. The second-order valence-electron chi connectivity index (χ2n) is 4.55. The van der Waals surface area contributed by atoms with E-state index in [9.17, 15) is 9.59 Å². The topological polar surface area (TPSA) is 46.2 Å². The van der Waals surface area contributed by atoms with Crippen molar-refractivity contribution in [2.75, 3.05) is 5.32 Å². The summed E-state index contributed by atoms with van der Waals surface area (Å²) < 4.78 is 0. The van der Waals surface area contributed by atoms with Gasteiger partial charge in [0.2, 0.25) is 0 Å². The van der Waals surface area contributed by atoms with Crippen LogP contribution >= 0.6 is 11.6 Å². The van der Waals surface area contributed by atoms with Crippen LogP contribution in [0.25, 0.3) is 0 Å². The molecule has 2 rings (SSSR count). The quantitative estimate of drug-likeness (QED) is 0.864. The van der Waals surface area contributed by atoms with Crippen molar-refractivity contribution in [3.63, 3.8) is 0 Å². The summed E-state index contributed by atoms with van der Waals surface area (Å²) in [7, 11) is 0. The van der Waals surface area contributed by atoms with Crippen LogP contribution in [0.2, 0.25) is 5.02 Å². The molecule has 102 valence electrons. The van der Waals surface area contributed by atoms with E-state index >= 15 is 0 Å². The fourth-order valence-corrected chi connectivity index (χ4v) is 2.10. The highest BCUT2D eigenvalue weighted by molar-refractivity contribution is 6.30. The van der Waals surface area contributed by atoms with Gasteiger partial charge in [0.25, 0.3) is 5.91 Å². The Morgan fingerprint density at radius 3 is 2.25 bits per heavy atom. The summed E-state index contributed by atoms with van der Waals surface area (Å²) in [5.74, 6) is -0.203. The molecule has 0 saturated heterocycles. The van der Waals surface area contributed by atoms with Gasteiger partial charge in [0.05, 0.1) is 0 Å². The van der Waals surface area contributed by atoms with Gasteiger partial charge in [-0.25, -0.2) is 0 Å². The molecule has 0 atom stereocenters. The van der Waals surface area contributed by atoms with Gasteiger partial charge in [0.15, 0.2) is 5.78 Å². The summed E-state index contributed by atoms with van der Waals surface area (Å²) in [6.07, 6.45) is 0. The number of carbonyl (C=O) groups is 2.